The Kier molecular flexibility index (Phi) is 5.41. The van der Waals surface area contributed by atoms with Gasteiger partial charge in [0.2, 0.25) is 5.91 Å². The Morgan fingerprint density at radius 3 is 2.62 bits per heavy atom. The molecule has 136 valence electrons. The monoisotopic (exact) mass is 353 g/mol. The SMILES string of the molecule is Cc1ccc(C)c(OCc2ccccc2NC(=O)NNC(=O)C2CC2)c1. The summed E-state index contributed by atoms with van der Waals surface area (Å²) in [4.78, 5) is 23.6. The van der Waals surface area contributed by atoms with E-state index in [4.69, 9.17) is 4.74 Å². The molecule has 1 fully saturated rings. The van der Waals surface area contributed by atoms with Crippen molar-refractivity contribution in [1.29, 1.82) is 0 Å². The third-order valence-corrected chi connectivity index (χ3v) is 4.24. The van der Waals surface area contributed by atoms with Gasteiger partial charge in [-0.3, -0.25) is 10.2 Å². The summed E-state index contributed by atoms with van der Waals surface area (Å²) in [5.74, 6) is 0.709. The molecule has 3 N–H and O–H groups in total. The molecule has 26 heavy (non-hydrogen) atoms. The van der Waals surface area contributed by atoms with Crippen molar-refractivity contribution in [2.45, 2.75) is 33.3 Å². The van der Waals surface area contributed by atoms with E-state index in [1.54, 1.807) is 6.07 Å². The van der Waals surface area contributed by atoms with Gasteiger partial charge in [0.25, 0.3) is 0 Å². The van der Waals surface area contributed by atoms with Crippen LogP contribution in [0, 0.1) is 19.8 Å². The van der Waals surface area contributed by atoms with Crippen LogP contribution in [-0.4, -0.2) is 11.9 Å². The van der Waals surface area contributed by atoms with Gasteiger partial charge in [0.05, 0.1) is 0 Å². The molecule has 0 aliphatic heterocycles. The Bertz CT molecular complexity index is 816. The van der Waals surface area contributed by atoms with Gasteiger partial charge >= 0.3 is 6.03 Å². The first-order chi connectivity index (χ1) is 12.5. The van der Waals surface area contributed by atoms with Gasteiger partial charge in [-0.1, -0.05) is 30.3 Å². The van der Waals surface area contributed by atoms with Crippen LogP contribution < -0.4 is 20.9 Å². The van der Waals surface area contributed by atoms with E-state index in [0.29, 0.717) is 12.3 Å². The largest absolute Gasteiger partial charge is 0.489 e. The van der Waals surface area contributed by atoms with Gasteiger partial charge in [-0.05, 0) is 49.9 Å². The fourth-order valence-electron chi connectivity index (χ4n) is 2.51. The molecule has 0 atom stereocenters. The standard InChI is InChI=1S/C20H23N3O3/c1-13-7-8-14(2)18(11-13)26-12-16-5-3-4-6-17(16)21-20(25)23-22-19(24)15-9-10-15/h3-8,11,15H,9-10,12H2,1-2H3,(H,22,24)(H2,21,23,25). The smallest absolute Gasteiger partial charge is 0.337 e. The van der Waals surface area contributed by atoms with Gasteiger partial charge in [-0.15, -0.1) is 0 Å². The third-order valence-electron chi connectivity index (χ3n) is 4.24. The first-order valence-electron chi connectivity index (χ1n) is 8.68. The molecule has 0 spiro atoms. The van der Waals surface area contributed by atoms with Gasteiger partial charge in [0.15, 0.2) is 0 Å². The number of urea groups is 1. The van der Waals surface area contributed by atoms with Gasteiger partial charge in [0.1, 0.15) is 12.4 Å². The molecule has 0 radical (unpaired) electrons. The summed E-state index contributed by atoms with van der Waals surface area (Å²) in [7, 11) is 0. The molecular formula is C20H23N3O3. The van der Waals surface area contributed by atoms with E-state index in [2.05, 4.69) is 16.2 Å². The van der Waals surface area contributed by atoms with Crippen LogP contribution in [0.5, 0.6) is 5.75 Å². The molecule has 0 unspecified atom stereocenters. The molecule has 2 aromatic carbocycles. The number of ether oxygens (including phenoxy) is 1. The number of carbonyl (C=O) groups is 2. The Labute approximate surface area is 152 Å². The van der Waals surface area contributed by atoms with Crippen LogP contribution in [0.25, 0.3) is 0 Å². The highest BCUT2D eigenvalue weighted by Gasteiger charge is 2.29. The summed E-state index contributed by atoms with van der Waals surface area (Å²) in [6, 6.07) is 13.0. The molecule has 0 heterocycles. The lowest BCUT2D eigenvalue weighted by molar-refractivity contribution is -0.122. The van der Waals surface area contributed by atoms with Crippen LogP contribution in [0.3, 0.4) is 0 Å². The average molecular weight is 353 g/mol. The molecule has 6 heteroatoms. The minimum atomic E-state index is -0.488. The number of anilines is 1. The fourth-order valence-corrected chi connectivity index (χ4v) is 2.51. The Hall–Kier alpha value is -3.02. The summed E-state index contributed by atoms with van der Waals surface area (Å²) in [5, 5.41) is 2.74. The van der Waals surface area contributed by atoms with E-state index in [-0.39, 0.29) is 11.8 Å². The fraction of sp³-hybridized carbons (Fsp3) is 0.300. The number of amides is 3. The quantitative estimate of drug-likeness (QED) is 0.721. The lowest BCUT2D eigenvalue weighted by Crippen LogP contribution is -2.44. The highest BCUT2D eigenvalue weighted by molar-refractivity contribution is 5.92. The first kappa shape index (κ1) is 17.8. The van der Waals surface area contributed by atoms with Crippen molar-refractivity contribution in [2.75, 3.05) is 5.32 Å². The number of para-hydroxylation sites is 1. The number of hydrogen-bond acceptors (Lipinski definition) is 3. The zero-order valence-electron chi connectivity index (χ0n) is 15.0. The average Bonchev–Trinajstić information content (AvgIpc) is 3.47. The highest BCUT2D eigenvalue weighted by Crippen LogP contribution is 2.28. The van der Waals surface area contributed by atoms with Crippen LogP contribution in [0.15, 0.2) is 42.5 Å². The number of carbonyl (C=O) groups excluding carboxylic acids is 2. The normalized spacial score (nSPS) is 13.0. The number of benzene rings is 2. The van der Waals surface area contributed by atoms with Crippen molar-refractivity contribution < 1.29 is 14.3 Å². The van der Waals surface area contributed by atoms with Crippen LogP contribution >= 0.6 is 0 Å². The second-order valence-electron chi connectivity index (χ2n) is 6.56. The Morgan fingerprint density at radius 2 is 1.85 bits per heavy atom. The minimum absolute atomic E-state index is 0.0357. The topological polar surface area (TPSA) is 79.5 Å². The van der Waals surface area contributed by atoms with Crippen LogP contribution in [0.1, 0.15) is 29.5 Å². The summed E-state index contributed by atoms with van der Waals surface area (Å²) in [5.41, 5.74) is 8.47. The molecule has 0 bridgehead atoms. The molecule has 6 nitrogen and oxygen atoms in total. The maximum absolute atomic E-state index is 12.0. The Balaban J connectivity index is 1.59. The van der Waals surface area contributed by atoms with Crippen molar-refractivity contribution in [3.63, 3.8) is 0 Å². The lowest BCUT2D eigenvalue weighted by atomic mass is 10.1. The lowest BCUT2D eigenvalue weighted by Gasteiger charge is -2.14. The summed E-state index contributed by atoms with van der Waals surface area (Å²) >= 11 is 0. The minimum Gasteiger partial charge on any atom is -0.489 e. The second-order valence-corrected chi connectivity index (χ2v) is 6.56. The van der Waals surface area contributed by atoms with Crippen LogP contribution in [0.4, 0.5) is 10.5 Å². The highest BCUT2D eigenvalue weighted by atomic mass is 16.5. The molecule has 0 saturated heterocycles. The number of nitrogens with one attached hydrogen (secondary N) is 3. The Morgan fingerprint density at radius 1 is 1.08 bits per heavy atom. The van der Waals surface area contributed by atoms with Gasteiger partial charge in [-0.2, -0.15) is 0 Å². The number of rotatable bonds is 5. The predicted molar refractivity (Wildman–Crippen MR) is 99.7 cm³/mol. The van der Waals surface area contributed by atoms with Gasteiger partial charge < -0.3 is 10.1 Å². The summed E-state index contributed by atoms with van der Waals surface area (Å²) in [6.07, 6.45) is 1.77. The number of aryl methyl sites for hydroxylation is 2. The third kappa shape index (κ3) is 4.75. The van der Waals surface area contributed by atoms with E-state index in [1.807, 2.05) is 50.2 Å². The zero-order valence-corrected chi connectivity index (χ0v) is 15.0. The van der Waals surface area contributed by atoms with E-state index in [9.17, 15) is 9.59 Å². The zero-order chi connectivity index (χ0) is 18.5. The molecule has 2 aromatic rings. The molecular weight excluding hydrogens is 330 g/mol. The molecule has 3 amide bonds. The molecule has 0 aromatic heterocycles. The molecule has 3 rings (SSSR count). The number of hydrazine groups is 1. The van der Waals surface area contributed by atoms with Crippen molar-refractivity contribution in [2.24, 2.45) is 5.92 Å². The second kappa shape index (κ2) is 7.91. The van der Waals surface area contributed by atoms with E-state index < -0.39 is 6.03 Å². The van der Waals surface area contributed by atoms with Gasteiger partial charge in [-0.25, -0.2) is 10.2 Å². The van der Waals surface area contributed by atoms with Crippen molar-refractivity contribution in [3.8, 4) is 5.75 Å². The summed E-state index contributed by atoms with van der Waals surface area (Å²) in [6.45, 7) is 4.34. The molecule has 1 saturated carbocycles. The number of hydrogen-bond donors (Lipinski definition) is 3. The first-order valence-corrected chi connectivity index (χ1v) is 8.68. The van der Waals surface area contributed by atoms with Gasteiger partial charge in [0, 0.05) is 17.2 Å². The molecule has 1 aliphatic rings. The van der Waals surface area contributed by atoms with Crippen molar-refractivity contribution in [1.82, 2.24) is 10.9 Å². The maximum Gasteiger partial charge on any atom is 0.337 e. The van der Waals surface area contributed by atoms with Crippen molar-refractivity contribution in [3.05, 3.63) is 59.2 Å². The molecule has 1 aliphatic carbocycles. The maximum atomic E-state index is 12.0. The predicted octanol–water partition coefficient (Wildman–Crippen LogP) is 3.45. The van der Waals surface area contributed by atoms with E-state index in [0.717, 1.165) is 35.3 Å². The van der Waals surface area contributed by atoms with E-state index >= 15 is 0 Å². The van der Waals surface area contributed by atoms with Crippen molar-refractivity contribution >= 4 is 17.6 Å². The van der Waals surface area contributed by atoms with Crippen LogP contribution in [-0.2, 0) is 11.4 Å². The van der Waals surface area contributed by atoms with Crippen LogP contribution in [0.2, 0.25) is 0 Å². The summed E-state index contributed by atoms with van der Waals surface area (Å²) < 4.78 is 5.92. The van der Waals surface area contributed by atoms with E-state index in [1.165, 1.54) is 0 Å².